The van der Waals surface area contributed by atoms with E-state index in [-0.39, 0.29) is 0 Å². The molecule has 2 unspecified atom stereocenters. The maximum Gasteiger partial charge on any atom is 0.336 e. The molecule has 1 aromatic rings. The highest BCUT2D eigenvalue weighted by molar-refractivity contribution is 5.89. The summed E-state index contributed by atoms with van der Waals surface area (Å²) in [7, 11) is 0. The first kappa shape index (κ1) is 13.1. The first-order chi connectivity index (χ1) is 7.99. The number of nitrogens with zero attached hydrogens (tertiary/aromatic N) is 1. The van der Waals surface area contributed by atoms with Crippen molar-refractivity contribution < 1.29 is 24.5 Å². The van der Waals surface area contributed by atoms with E-state index in [0.717, 1.165) is 12.1 Å². The van der Waals surface area contributed by atoms with Gasteiger partial charge < -0.3 is 15.3 Å². The number of hydrogen-bond acceptors (Lipinski definition) is 4. The van der Waals surface area contributed by atoms with Crippen molar-refractivity contribution in [2.24, 2.45) is 0 Å². The Bertz CT molecular complexity index is 469. The van der Waals surface area contributed by atoms with Gasteiger partial charge in [0, 0.05) is 5.56 Å². The standard InChI is InChI=1S/C11H10FNO4/c12-7-3-1-2-6(11(16)17)9(7)10(15)8(14)4-5-13/h1-3,8,10,14-15H,4H2,(H,16,17). The fraction of sp³-hybridized carbons (Fsp3) is 0.273. The van der Waals surface area contributed by atoms with Crippen LogP contribution in [0.15, 0.2) is 18.2 Å². The molecule has 0 aromatic heterocycles. The molecule has 0 heterocycles. The fourth-order valence-corrected chi connectivity index (χ4v) is 1.42. The van der Waals surface area contributed by atoms with E-state index in [0.29, 0.717) is 0 Å². The van der Waals surface area contributed by atoms with E-state index in [1.54, 1.807) is 6.07 Å². The Morgan fingerprint density at radius 1 is 1.47 bits per heavy atom. The van der Waals surface area contributed by atoms with Crippen LogP contribution in [0, 0.1) is 17.1 Å². The lowest BCUT2D eigenvalue weighted by Crippen LogP contribution is -2.21. The summed E-state index contributed by atoms with van der Waals surface area (Å²) in [6, 6.07) is 4.88. The van der Waals surface area contributed by atoms with E-state index >= 15 is 0 Å². The molecule has 0 saturated carbocycles. The van der Waals surface area contributed by atoms with Gasteiger partial charge in [0.25, 0.3) is 0 Å². The molecule has 0 amide bonds. The van der Waals surface area contributed by atoms with Crippen LogP contribution in [0.25, 0.3) is 0 Å². The lowest BCUT2D eigenvalue weighted by molar-refractivity contribution is 0.0184. The summed E-state index contributed by atoms with van der Waals surface area (Å²) in [5, 5.41) is 36.2. The molecule has 0 radical (unpaired) electrons. The van der Waals surface area contributed by atoms with Crippen molar-refractivity contribution in [1.82, 2.24) is 0 Å². The zero-order valence-electron chi connectivity index (χ0n) is 8.67. The number of aromatic carboxylic acids is 1. The van der Waals surface area contributed by atoms with Crippen LogP contribution < -0.4 is 0 Å². The third-order valence-electron chi connectivity index (χ3n) is 2.24. The number of aliphatic hydroxyl groups is 2. The Labute approximate surface area is 96.4 Å². The smallest absolute Gasteiger partial charge is 0.336 e. The van der Waals surface area contributed by atoms with Crippen molar-refractivity contribution in [3.63, 3.8) is 0 Å². The van der Waals surface area contributed by atoms with Crippen molar-refractivity contribution in [2.45, 2.75) is 18.6 Å². The quantitative estimate of drug-likeness (QED) is 0.722. The van der Waals surface area contributed by atoms with Crippen molar-refractivity contribution >= 4 is 5.97 Å². The summed E-state index contributed by atoms with van der Waals surface area (Å²) in [6.45, 7) is 0. The molecule has 90 valence electrons. The second-order valence-electron chi connectivity index (χ2n) is 3.38. The van der Waals surface area contributed by atoms with E-state index in [1.165, 1.54) is 6.07 Å². The number of hydrogen-bond donors (Lipinski definition) is 3. The Morgan fingerprint density at radius 3 is 2.65 bits per heavy atom. The molecule has 2 atom stereocenters. The molecule has 1 aromatic carbocycles. The summed E-state index contributed by atoms with van der Waals surface area (Å²) >= 11 is 0. The zero-order chi connectivity index (χ0) is 13.0. The normalized spacial score (nSPS) is 13.8. The highest BCUT2D eigenvalue weighted by Gasteiger charge is 2.26. The number of aliphatic hydroxyl groups excluding tert-OH is 2. The molecule has 6 heteroatoms. The minimum atomic E-state index is -1.75. The lowest BCUT2D eigenvalue weighted by atomic mass is 9.97. The molecule has 5 nitrogen and oxygen atoms in total. The average Bonchev–Trinajstić information content (AvgIpc) is 2.28. The molecular formula is C11H10FNO4. The number of rotatable bonds is 4. The van der Waals surface area contributed by atoms with Crippen LogP contribution in [0.1, 0.15) is 28.4 Å². The number of benzene rings is 1. The molecular weight excluding hydrogens is 229 g/mol. The molecule has 0 fully saturated rings. The zero-order valence-corrected chi connectivity index (χ0v) is 8.67. The van der Waals surface area contributed by atoms with Gasteiger partial charge in [0.15, 0.2) is 0 Å². The van der Waals surface area contributed by atoms with Crippen LogP contribution in [-0.2, 0) is 0 Å². The van der Waals surface area contributed by atoms with Gasteiger partial charge in [-0.3, -0.25) is 0 Å². The summed E-state index contributed by atoms with van der Waals surface area (Å²) in [5.74, 6) is -2.35. The van der Waals surface area contributed by atoms with Crippen molar-refractivity contribution in [1.29, 1.82) is 5.26 Å². The van der Waals surface area contributed by atoms with Crippen LogP contribution in [0.2, 0.25) is 0 Å². The second kappa shape index (κ2) is 5.39. The van der Waals surface area contributed by atoms with Gasteiger partial charge in [0.2, 0.25) is 0 Å². The fourth-order valence-electron chi connectivity index (χ4n) is 1.42. The number of halogens is 1. The van der Waals surface area contributed by atoms with Gasteiger partial charge in [-0.2, -0.15) is 5.26 Å². The molecule has 0 aliphatic heterocycles. The van der Waals surface area contributed by atoms with Crippen LogP contribution in [0.3, 0.4) is 0 Å². The molecule has 0 bridgehead atoms. The minimum absolute atomic E-state index is 0.422. The predicted octanol–water partition coefficient (Wildman–Crippen LogP) is 0.832. The van der Waals surface area contributed by atoms with Gasteiger partial charge >= 0.3 is 5.97 Å². The highest BCUT2D eigenvalue weighted by atomic mass is 19.1. The average molecular weight is 239 g/mol. The van der Waals surface area contributed by atoms with Crippen LogP contribution in [0.4, 0.5) is 4.39 Å². The Morgan fingerprint density at radius 2 is 2.12 bits per heavy atom. The Kier molecular flexibility index (Phi) is 4.15. The highest BCUT2D eigenvalue weighted by Crippen LogP contribution is 2.25. The van der Waals surface area contributed by atoms with E-state index in [1.807, 2.05) is 0 Å². The summed E-state index contributed by atoms with van der Waals surface area (Å²) in [5.41, 5.74) is -0.947. The van der Waals surface area contributed by atoms with Gasteiger partial charge in [-0.05, 0) is 12.1 Å². The molecule has 3 N–H and O–H groups in total. The number of nitriles is 1. The largest absolute Gasteiger partial charge is 0.478 e. The molecule has 0 aliphatic carbocycles. The summed E-state index contributed by atoms with van der Waals surface area (Å²) in [4.78, 5) is 10.8. The van der Waals surface area contributed by atoms with Gasteiger partial charge in [0.05, 0.1) is 24.2 Å². The Balaban J connectivity index is 3.20. The van der Waals surface area contributed by atoms with E-state index in [9.17, 15) is 19.4 Å². The number of carbonyl (C=O) groups is 1. The van der Waals surface area contributed by atoms with E-state index in [4.69, 9.17) is 10.4 Å². The molecule has 1 rings (SSSR count). The third kappa shape index (κ3) is 2.78. The first-order valence-corrected chi connectivity index (χ1v) is 4.73. The number of carboxylic acid groups (broad SMARTS) is 1. The summed E-state index contributed by atoms with van der Waals surface area (Å²) in [6.07, 6.45) is -3.70. The van der Waals surface area contributed by atoms with Crippen LogP contribution in [0.5, 0.6) is 0 Å². The monoisotopic (exact) mass is 239 g/mol. The van der Waals surface area contributed by atoms with Crippen LogP contribution >= 0.6 is 0 Å². The predicted molar refractivity (Wildman–Crippen MR) is 54.6 cm³/mol. The molecule has 0 saturated heterocycles. The van der Waals surface area contributed by atoms with Gasteiger partial charge in [-0.25, -0.2) is 9.18 Å². The molecule has 0 aliphatic rings. The van der Waals surface area contributed by atoms with E-state index in [2.05, 4.69) is 0 Å². The van der Waals surface area contributed by atoms with Gasteiger partial charge in [-0.1, -0.05) is 6.07 Å². The van der Waals surface area contributed by atoms with E-state index < -0.39 is 41.5 Å². The van der Waals surface area contributed by atoms with Gasteiger partial charge in [-0.15, -0.1) is 0 Å². The van der Waals surface area contributed by atoms with Crippen molar-refractivity contribution in [3.05, 3.63) is 35.1 Å². The topological polar surface area (TPSA) is 102 Å². The maximum atomic E-state index is 13.4. The SMILES string of the molecule is N#CCC(O)C(O)c1c(F)cccc1C(=O)O. The maximum absolute atomic E-state index is 13.4. The van der Waals surface area contributed by atoms with Crippen molar-refractivity contribution in [3.8, 4) is 6.07 Å². The van der Waals surface area contributed by atoms with Crippen LogP contribution in [-0.4, -0.2) is 27.4 Å². The second-order valence-corrected chi connectivity index (χ2v) is 3.38. The first-order valence-electron chi connectivity index (χ1n) is 4.73. The number of carboxylic acids is 1. The Hall–Kier alpha value is -1.97. The summed E-state index contributed by atoms with van der Waals surface area (Å²) < 4.78 is 13.4. The molecule has 17 heavy (non-hydrogen) atoms. The minimum Gasteiger partial charge on any atom is -0.478 e. The van der Waals surface area contributed by atoms with Crippen molar-refractivity contribution in [2.75, 3.05) is 0 Å². The van der Waals surface area contributed by atoms with Gasteiger partial charge in [0.1, 0.15) is 11.9 Å². The molecule has 0 spiro atoms. The lowest BCUT2D eigenvalue weighted by Gasteiger charge is -2.18. The third-order valence-corrected chi connectivity index (χ3v) is 2.24.